The average molecular weight is 335 g/mol. The molecule has 23 heavy (non-hydrogen) atoms. The van der Waals surface area contributed by atoms with Crippen LogP contribution in [0.3, 0.4) is 0 Å². The highest BCUT2D eigenvalue weighted by molar-refractivity contribution is 6.31. The lowest BCUT2D eigenvalue weighted by atomic mass is 10.1. The molecule has 122 valence electrons. The Labute approximate surface area is 140 Å². The van der Waals surface area contributed by atoms with Crippen LogP contribution >= 0.6 is 11.6 Å². The molecule has 2 aromatic rings. The van der Waals surface area contributed by atoms with Gasteiger partial charge in [0.15, 0.2) is 0 Å². The number of ether oxygens (including phenoxy) is 1. The van der Waals surface area contributed by atoms with Crippen LogP contribution in [0.1, 0.15) is 17.7 Å². The summed E-state index contributed by atoms with van der Waals surface area (Å²) in [4.78, 5) is 18.7. The fraction of sp³-hybridized carbons (Fsp3) is 0.438. The molecule has 3 rings (SSSR count). The number of rotatable bonds is 5. The van der Waals surface area contributed by atoms with E-state index in [-0.39, 0.29) is 11.8 Å². The van der Waals surface area contributed by atoms with E-state index in [0.717, 1.165) is 12.0 Å². The zero-order chi connectivity index (χ0) is 16.2. The molecule has 0 unspecified atom stereocenters. The summed E-state index contributed by atoms with van der Waals surface area (Å²) >= 11 is 6.20. The van der Waals surface area contributed by atoms with Gasteiger partial charge in [-0.3, -0.25) is 14.5 Å². The fourth-order valence-electron chi connectivity index (χ4n) is 2.70. The molecule has 0 spiro atoms. The number of halogens is 1. The Hall–Kier alpha value is -1.92. The Morgan fingerprint density at radius 2 is 2.39 bits per heavy atom. The maximum absolute atomic E-state index is 12.8. The van der Waals surface area contributed by atoms with Gasteiger partial charge in [0.05, 0.1) is 24.1 Å². The number of pyridine rings is 1. The predicted octanol–water partition coefficient (Wildman–Crippen LogP) is 2.03. The number of aryl methyl sites for hydroxylation is 1. The Kier molecular flexibility index (Phi) is 4.93. The molecule has 1 aliphatic heterocycles. The van der Waals surface area contributed by atoms with Gasteiger partial charge in [0.2, 0.25) is 5.91 Å². The monoisotopic (exact) mass is 334 g/mol. The zero-order valence-corrected chi connectivity index (χ0v) is 13.7. The van der Waals surface area contributed by atoms with Gasteiger partial charge in [0.1, 0.15) is 5.69 Å². The Morgan fingerprint density at radius 1 is 1.52 bits per heavy atom. The van der Waals surface area contributed by atoms with Gasteiger partial charge >= 0.3 is 0 Å². The van der Waals surface area contributed by atoms with E-state index in [4.69, 9.17) is 16.3 Å². The SMILES string of the molecule is Cn1cc(Cl)c(CN(Cc2cccnc2)C(=O)[C@@H]2CCOC2)n1. The smallest absolute Gasteiger partial charge is 0.228 e. The summed E-state index contributed by atoms with van der Waals surface area (Å²) in [6.07, 6.45) is 5.99. The van der Waals surface area contributed by atoms with Crippen molar-refractivity contribution in [3.63, 3.8) is 0 Å². The van der Waals surface area contributed by atoms with Crippen LogP contribution in [0.25, 0.3) is 0 Å². The van der Waals surface area contributed by atoms with Crippen LogP contribution in [-0.2, 0) is 29.7 Å². The summed E-state index contributed by atoms with van der Waals surface area (Å²) in [5, 5.41) is 4.91. The van der Waals surface area contributed by atoms with Crippen molar-refractivity contribution in [1.82, 2.24) is 19.7 Å². The molecule has 0 radical (unpaired) electrons. The molecule has 1 saturated heterocycles. The molecule has 0 saturated carbocycles. The second-order valence-corrected chi connectivity index (χ2v) is 6.12. The molecule has 7 heteroatoms. The predicted molar refractivity (Wildman–Crippen MR) is 85.6 cm³/mol. The highest BCUT2D eigenvalue weighted by atomic mass is 35.5. The third-order valence-electron chi connectivity index (χ3n) is 3.88. The van der Waals surface area contributed by atoms with Gasteiger partial charge in [-0.1, -0.05) is 17.7 Å². The molecule has 6 nitrogen and oxygen atoms in total. The van der Waals surface area contributed by atoms with Gasteiger partial charge < -0.3 is 9.64 Å². The fourth-order valence-corrected chi connectivity index (χ4v) is 2.94. The molecular formula is C16H19ClN4O2. The molecule has 2 aromatic heterocycles. The molecule has 1 atom stereocenters. The normalized spacial score (nSPS) is 17.4. The van der Waals surface area contributed by atoms with E-state index in [1.165, 1.54) is 0 Å². The van der Waals surface area contributed by atoms with E-state index in [2.05, 4.69) is 10.1 Å². The second kappa shape index (κ2) is 7.10. The molecule has 0 N–H and O–H groups in total. The number of amides is 1. The Balaban J connectivity index is 1.80. The van der Waals surface area contributed by atoms with Gasteiger partial charge in [-0.05, 0) is 18.1 Å². The van der Waals surface area contributed by atoms with Gasteiger partial charge in [0, 0.05) is 38.8 Å². The zero-order valence-electron chi connectivity index (χ0n) is 13.0. The Bertz CT molecular complexity index is 668. The van der Waals surface area contributed by atoms with Crippen LogP contribution in [0.4, 0.5) is 0 Å². The van der Waals surface area contributed by atoms with Crippen molar-refractivity contribution < 1.29 is 9.53 Å². The average Bonchev–Trinajstić information content (AvgIpc) is 3.17. The Morgan fingerprint density at radius 3 is 3.00 bits per heavy atom. The first-order valence-electron chi connectivity index (χ1n) is 7.57. The van der Waals surface area contributed by atoms with Gasteiger partial charge in [-0.25, -0.2) is 0 Å². The quantitative estimate of drug-likeness (QED) is 0.839. The highest BCUT2D eigenvalue weighted by Crippen LogP contribution is 2.21. The molecule has 3 heterocycles. The molecule has 1 fully saturated rings. The minimum atomic E-state index is -0.0887. The van der Waals surface area contributed by atoms with Crippen LogP contribution in [0.5, 0.6) is 0 Å². The van der Waals surface area contributed by atoms with Crippen molar-refractivity contribution in [3.05, 3.63) is 47.0 Å². The van der Waals surface area contributed by atoms with E-state index in [1.807, 2.05) is 19.2 Å². The molecule has 0 aliphatic carbocycles. The van der Waals surface area contributed by atoms with Crippen molar-refractivity contribution in [3.8, 4) is 0 Å². The van der Waals surface area contributed by atoms with Crippen LogP contribution in [-0.4, -0.2) is 38.8 Å². The first-order valence-corrected chi connectivity index (χ1v) is 7.94. The number of aromatic nitrogens is 3. The molecule has 1 aliphatic rings. The highest BCUT2D eigenvalue weighted by Gasteiger charge is 2.29. The lowest BCUT2D eigenvalue weighted by Gasteiger charge is -2.24. The number of carbonyl (C=O) groups excluding carboxylic acids is 1. The minimum absolute atomic E-state index is 0.0769. The van der Waals surface area contributed by atoms with Crippen LogP contribution in [0.2, 0.25) is 5.02 Å². The maximum atomic E-state index is 12.8. The standard InChI is InChI=1S/C16H19ClN4O2/c1-20-9-14(17)15(19-20)10-21(8-12-3-2-5-18-7-12)16(22)13-4-6-23-11-13/h2-3,5,7,9,13H,4,6,8,10-11H2,1H3/t13-/m1/s1. The number of hydrogen-bond acceptors (Lipinski definition) is 4. The lowest BCUT2D eigenvalue weighted by Crippen LogP contribution is -2.35. The topological polar surface area (TPSA) is 60.2 Å². The molecule has 0 bridgehead atoms. The van der Waals surface area contributed by atoms with Gasteiger partial charge in [-0.2, -0.15) is 5.10 Å². The first-order chi connectivity index (χ1) is 11.1. The lowest BCUT2D eigenvalue weighted by molar-refractivity contribution is -0.136. The second-order valence-electron chi connectivity index (χ2n) is 5.71. The van der Waals surface area contributed by atoms with Crippen LogP contribution in [0, 0.1) is 5.92 Å². The third-order valence-corrected chi connectivity index (χ3v) is 4.20. The van der Waals surface area contributed by atoms with E-state index in [0.29, 0.717) is 37.0 Å². The summed E-state index contributed by atoms with van der Waals surface area (Å²) < 4.78 is 7.01. The van der Waals surface area contributed by atoms with E-state index >= 15 is 0 Å². The summed E-state index contributed by atoms with van der Waals surface area (Å²) in [5.74, 6) is -0.0118. The summed E-state index contributed by atoms with van der Waals surface area (Å²) in [6, 6.07) is 3.82. The first kappa shape index (κ1) is 16.0. The van der Waals surface area contributed by atoms with Crippen molar-refractivity contribution in [2.75, 3.05) is 13.2 Å². The number of carbonyl (C=O) groups is 1. The largest absolute Gasteiger partial charge is 0.381 e. The minimum Gasteiger partial charge on any atom is -0.381 e. The summed E-state index contributed by atoms with van der Waals surface area (Å²) in [5.41, 5.74) is 1.68. The van der Waals surface area contributed by atoms with Gasteiger partial charge in [-0.15, -0.1) is 0 Å². The van der Waals surface area contributed by atoms with E-state index in [1.54, 1.807) is 28.2 Å². The number of nitrogens with zero attached hydrogens (tertiary/aromatic N) is 4. The van der Waals surface area contributed by atoms with Crippen molar-refractivity contribution >= 4 is 17.5 Å². The summed E-state index contributed by atoms with van der Waals surface area (Å²) in [7, 11) is 1.81. The van der Waals surface area contributed by atoms with Crippen molar-refractivity contribution in [1.29, 1.82) is 0 Å². The van der Waals surface area contributed by atoms with E-state index in [9.17, 15) is 4.79 Å². The molecule has 1 amide bonds. The number of hydrogen-bond donors (Lipinski definition) is 0. The van der Waals surface area contributed by atoms with Crippen molar-refractivity contribution in [2.45, 2.75) is 19.5 Å². The maximum Gasteiger partial charge on any atom is 0.228 e. The van der Waals surface area contributed by atoms with E-state index < -0.39 is 0 Å². The van der Waals surface area contributed by atoms with Gasteiger partial charge in [0.25, 0.3) is 0 Å². The molecule has 0 aromatic carbocycles. The van der Waals surface area contributed by atoms with Crippen LogP contribution < -0.4 is 0 Å². The van der Waals surface area contributed by atoms with Crippen molar-refractivity contribution in [2.24, 2.45) is 13.0 Å². The third kappa shape index (κ3) is 3.89. The summed E-state index contributed by atoms with van der Waals surface area (Å²) in [6.45, 7) is 1.99. The van der Waals surface area contributed by atoms with Crippen LogP contribution in [0.15, 0.2) is 30.7 Å². The molecular weight excluding hydrogens is 316 g/mol.